The van der Waals surface area contributed by atoms with Crippen LogP contribution in [0.2, 0.25) is 0 Å². The third kappa shape index (κ3) is 1.71. The first-order chi connectivity index (χ1) is 10.4. The molecule has 22 heavy (non-hydrogen) atoms. The maximum atomic E-state index is 14.1. The lowest BCUT2D eigenvalue weighted by Crippen LogP contribution is -2.54. The maximum Gasteiger partial charge on any atom is 0.173 e. The van der Waals surface area contributed by atoms with Gasteiger partial charge in [0.05, 0.1) is 0 Å². The summed E-state index contributed by atoms with van der Waals surface area (Å²) in [4.78, 5) is 24.7. The molecule has 0 saturated heterocycles. The Kier molecular flexibility index (Phi) is 3.13. The van der Waals surface area contributed by atoms with Crippen LogP contribution < -0.4 is 0 Å². The maximum absolute atomic E-state index is 14.1. The molecule has 0 spiro atoms. The largest absolute Gasteiger partial charge is 0.299 e. The van der Waals surface area contributed by atoms with Crippen molar-refractivity contribution in [1.29, 1.82) is 0 Å². The molecule has 0 aromatic rings. The van der Waals surface area contributed by atoms with E-state index >= 15 is 0 Å². The van der Waals surface area contributed by atoms with E-state index in [0.717, 1.165) is 44.9 Å². The highest BCUT2D eigenvalue weighted by molar-refractivity contribution is 5.91. The zero-order valence-corrected chi connectivity index (χ0v) is 13.7. The van der Waals surface area contributed by atoms with E-state index in [1.54, 1.807) is 0 Å². The van der Waals surface area contributed by atoms with Crippen molar-refractivity contribution in [3.05, 3.63) is 0 Å². The Morgan fingerprint density at radius 2 is 1.82 bits per heavy atom. The average molecular weight is 306 g/mol. The number of hydrogen-bond donors (Lipinski definition) is 0. The number of hydrogen-bond acceptors (Lipinski definition) is 2. The molecule has 0 aromatic heterocycles. The number of carbonyl (C=O) groups is 2. The Hall–Kier alpha value is -0.730. The smallest absolute Gasteiger partial charge is 0.173 e. The van der Waals surface area contributed by atoms with Gasteiger partial charge in [0.15, 0.2) is 12.0 Å². The lowest BCUT2D eigenvalue weighted by atomic mass is 9.45. The average Bonchev–Trinajstić information content (AvgIpc) is 2.71. The van der Waals surface area contributed by atoms with Crippen molar-refractivity contribution in [1.82, 2.24) is 0 Å². The van der Waals surface area contributed by atoms with E-state index in [2.05, 4.69) is 6.92 Å². The van der Waals surface area contributed by atoms with Crippen molar-refractivity contribution in [2.45, 2.75) is 71.4 Å². The zero-order chi connectivity index (χ0) is 15.7. The number of rotatable bonds is 0. The fourth-order valence-electron chi connectivity index (χ4n) is 6.91. The topological polar surface area (TPSA) is 34.1 Å². The van der Waals surface area contributed by atoms with Gasteiger partial charge in [-0.3, -0.25) is 9.59 Å². The molecule has 4 aliphatic rings. The van der Waals surface area contributed by atoms with Crippen LogP contribution in [-0.4, -0.2) is 17.7 Å². The Morgan fingerprint density at radius 1 is 1.05 bits per heavy atom. The van der Waals surface area contributed by atoms with Crippen LogP contribution in [0.3, 0.4) is 0 Å². The monoisotopic (exact) mass is 306 g/mol. The molecule has 2 unspecified atom stereocenters. The van der Waals surface area contributed by atoms with E-state index < -0.39 is 11.6 Å². The summed E-state index contributed by atoms with van der Waals surface area (Å²) in [7, 11) is 0. The van der Waals surface area contributed by atoms with Crippen LogP contribution in [0.25, 0.3) is 0 Å². The second-order valence-electron chi connectivity index (χ2n) is 8.86. The first kappa shape index (κ1) is 14.8. The molecule has 122 valence electrons. The van der Waals surface area contributed by atoms with Gasteiger partial charge in [0.2, 0.25) is 0 Å². The molecule has 0 heterocycles. The van der Waals surface area contributed by atoms with Crippen LogP contribution in [0.4, 0.5) is 4.39 Å². The highest BCUT2D eigenvalue weighted by Crippen LogP contribution is 2.65. The minimum absolute atomic E-state index is 0.108. The lowest BCUT2D eigenvalue weighted by molar-refractivity contribution is -0.151. The summed E-state index contributed by atoms with van der Waals surface area (Å²) in [5, 5.41) is 0. The van der Waals surface area contributed by atoms with Gasteiger partial charge >= 0.3 is 0 Å². The van der Waals surface area contributed by atoms with Gasteiger partial charge < -0.3 is 0 Å². The van der Waals surface area contributed by atoms with Gasteiger partial charge in [0, 0.05) is 17.8 Å². The molecule has 0 aromatic carbocycles. The second-order valence-corrected chi connectivity index (χ2v) is 8.86. The molecule has 4 fully saturated rings. The van der Waals surface area contributed by atoms with Crippen LogP contribution in [0.5, 0.6) is 0 Å². The number of halogens is 1. The Morgan fingerprint density at radius 3 is 2.59 bits per heavy atom. The fourth-order valence-corrected chi connectivity index (χ4v) is 6.91. The van der Waals surface area contributed by atoms with Crippen LogP contribution in [0, 0.1) is 34.5 Å². The standard InChI is InChI=1S/C19H27FO2/c1-18-8-3-4-16(21)13(18)6-5-11-12(18)7-9-19(2)14(11)10-15(20)17(19)22/h11-15H,3-10H2,1-2H3/t11-,12+,13?,14+,15?,18-,19+/m1/s1. The summed E-state index contributed by atoms with van der Waals surface area (Å²) in [5.41, 5.74) is -0.320. The first-order valence-electron chi connectivity index (χ1n) is 9.09. The Bertz CT molecular complexity index is 530. The lowest BCUT2D eigenvalue weighted by Gasteiger charge is -2.58. The number of Topliss-reactive ketones (excluding diaryl/α,β-unsaturated/α-hetero) is 2. The predicted molar refractivity (Wildman–Crippen MR) is 82.0 cm³/mol. The molecular weight excluding hydrogens is 279 g/mol. The molecule has 4 saturated carbocycles. The molecular formula is C19H27FO2. The zero-order valence-electron chi connectivity index (χ0n) is 13.7. The SMILES string of the molecule is C[C@]12CCCC(=O)C1CC[C@@H]1[C@@H]2CC[C@]2(C)C(=O)C(F)C[C@@H]12. The van der Waals surface area contributed by atoms with Gasteiger partial charge in [0.25, 0.3) is 0 Å². The van der Waals surface area contributed by atoms with E-state index in [1.165, 1.54) is 0 Å². The number of alkyl halides is 1. The van der Waals surface area contributed by atoms with Gasteiger partial charge in [-0.1, -0.05) is 13.8 Å². The first-order valence-corrected chi connectivity index (χ1v) is 9.09. The van der Waals surface area contributed by atoms with E-state index in [-0.39, 0.29) is 23.0 Å². The van der Waals surface area contributed by atoms with Gasteiger partial charge in [-0.25, -0.2) is 4.39 Å². The van der Waals surface area contributed by atoms with E-state index in [0.29, 0.717) is 24.0 Å². The fraction of sp³-hybridized carbons (Fsp3) is 0.895. The van der Waals surface area contributed by atoms with E-state index in [4.69, 9.17) is 0 Å². The highest BCUT2D eigenvalue weighted by atomic mass is 19.1. The molecule has 3 heteroatoms. The van der Waals surface area contributed by atoms with E-state index in [1.807, 2.05) is 6.92 Å². The third-order valence-electron chi connectivity index (χ3n) is 8.09. The minimum atomic E-state index is -1.24. The van der Waals surface area contributed by atoms with Gasteiger partial charge in [-0.05, 0) is 68.1 Å². The Balaban J connectivity index is 1.68. The van der Waals surface area contributed by atoms with Crippen molar-refractivity contribution in [2.24, 2.45) is 34.5 Å². The normalized spacial score (nSPS) is 54.6. The van der Waals surface area contributed by atoms with Crippen molar-refractivity contribution >= 4 is 11.6 Å². The summed E-state index contributed by atoms with van der Waals surface area (Å²) >= 11 is 0. The molecule has 4 aliphatic carbocycles. The molecule has 2 nitrogen and oxygen atoms in total. The Labute approximate surface area is 132 Å². The van der Waals surface area contributed by atoms with Crippen LogP contribution >= 0.6 is 0 Å². The molecule has 4 rings (SSSR count). The predicted octanol–water partition coefficient (Wildman–Crippen LogP) is 4.12. The van der Waals surface area contributed by atoms with Crippen LogP contribution in [0.15, 0.2) is 0 Å². The van der Waals surface area contributed by atoms with E-state index in [9.17, 15) is 14.0 Å². The summed E-state index contributed by atoms with van der Waals surface area (Å²) in [6.07, 6.45) is 5.93. The summed E-state index contributed by atoms with van der Waals surface area (Å²) in [5.74, 6) is 1.74. The van der Waals surface area contributed by atoms with Crippen LogP contribution in [0.1, 0.15) is 65.2 Å². The molecule has 7 atom stereocenters. The molecule has 0 radical (unpaired) electrons. The van der Waals surface area contributed by atoms with Gasteiger partial charge in [-0.2, -0.15) is 0 Å². The van der Waals surface area contributed by atoms with Crippen molar-refractivity contribution in [3.8, 4) is 0 Å². The van der Waals surface area contributed by atoms with Gasteiger partial charge in [-0.15, -0.1) is 0 Å². The molecule has 0 N–H and O–H groups in total. The van der Waals surface area contributed by atoms with Gasteiger partial charge in [0.1, 0.15) is 5.78 Å². The van der Waals surface area contributed by atoms with Crippen LogP contribution in [-0.2, 0) is 9.59 Å². The number of carbonyl (C=O) groups excluding carboxylic acids is 2. The van der Waals surface area contributed by atoms with Crippen molar-refractivity contribution in [2.75, 3.05) is 0 Å². The third-order valence-corrected chi connectivity index (χ3v) is 8.09. The summed E-state index contributed by atoms with van der Waals surface area (Å²) in [6.45, 7) is 4.33. The second kappa shape index (κ2) is 4.64. The highest BCUT2D eigenvalue weighted by Gasteiger charge is 2.63. The molecule has 0 aliphatic heterocycles. The minimum Gasteiger partial charge on any atom is -0.299 e. The molecule has 0 amide bonds. The summed E-state index contributed by atoms with van der Waals surface area (Å²) in [6, 6.07) is 0. The van der Waals surface area contributed by atoms with Crippen molar-refractivity contribution < 1.29 is 14.0 Å². The molecule has 0 bridgehead atoms. The van der Waals surface area contributed by atoms with Crippen molar-refractivity contribution in [3.63, 3.8) is 0 Å². The quantitative estimate of drug-likeness (QED) is 0.675. The summed E-state index contributed by atoms with van der Waals surface area (Å²) < 4.78 is 14.1. The number of fused-ring (bicyclic) bond motifs is 5. The number of ketones is 2.